The molecule has 2 heteroatoms. The Hall–Kier alpha value is -0.860. The van der Waals surface area contributed by atoms with Crippen LogP contribution in [-0.4, -0.2) is 23.9 Å². The van der Waals surface area contributed by atoms with E-state index in [2.05, 4.69) is 24.3 Å². The van der Waals surface area contributed by atoms with E-state index in [9.17, 15) is 0 Å². The van der Waals surface area contributed by atoms with Gasteiger partial charge in [0.2, 0.25) is 0 Å². The van der Waals surface area contributed by atoms with E-state index < -0.39 is 0 Å². The van der Waals surface area contributed by atoms with Gasteiger partial charge in [-0.2, -0.15) is 0 Å². The minimum Gasteiger partial charge on any atom is -0.396 e. The summed E-state index contributed by atoms with van der Waals surface area (Å²) in [5.41, 5.74) is 1.34. The number of hydrogen-bond acceptors (Lipinski definition) is 2. The zero-order valence-corrected chi connectivity index (χ0v) is 8.23. The van der Waals surface area contributed by atoms with Gasteiger partial charge in [0, 0.05) is 13.0 Å². The van der Waals surface area contributed by atoms with Crippen LogP contribution in [0.4, 0.5) is 0 Å². The van der Waals surface area contributed by atoms with Crippen molar-refractivity contribution in [3.05, 3.63) is 35.9 Å². The largest absolute Gasteiger partial charge is 0.396 e. The predicted molar refractivity (Wildman–Crippen MR) is 55.1 cm³/mol. The summed E-state index contributed by atoms with van der Waals surface area (Å²) in [6.07, 6.45) is 3.65. The topological polar surface area (TPSA) is 32.8 Å². The van der Waals surface area contributed by atoms with Crippen LogP contribution in [0.25, 0.3) is 0 Å². The molecule has 0 amide bonds. The molecule has 14 heavy (non-hydrogen) atoms. The Bertz CT molecular complexity index is 271. The first-order chi connectivity index (χ1) is 6.90. The fourth-order valence-corrected chi connectivity index (χ4v) is 1.75. The summed E-state index contributed by atoms with van der Waals surface area (Å²) in [6.45, 7) is 0.276. The molecule has 1 aromatic rings. The summed E-state index contributed by atoms with van der Waals surface area (Å²) >= 11 is 0. The number of ether oxygens (including phenoxy) is 1. The van der Waals surface area contributed by atoms with E-state index in [1.165, 1.54) is 5.56 Å². The summed E-state index contributed by atoms with van der Waals surface area (Å²) < 4.78 is 5.51. The van der Waals surface area contributed by atoms with Gasteiger partial charge in [-0.1, -0.05) is 30.3 Å². The van der Waals surface area contributed by atoms with Crippen LogP contribution in [0.2, 0.25) is 0 Å². The highest BCUT2D eigenvalue weighted by Gasteiger charge is 2.37. The lowest BCUT2D eigenvalue weighted by Gasteiger charge is -1.96. The van der Waals surface area contributed by atoms with E-state index in [4.69, 9.17) is 9.84 Å². The van der Waals surface area contributed by atoms with Gasteiger partial charge in [-0.05, 0) is 18.4 Å². The van der Waals surface area contributed by atoms with Crippen LogP contribution in [0, 0.1) is 0 Å². The fourth-order valence-electron chi connectivity index (χ4n) is 1.75. The molecule has 1 heterocycles. The molecule has 2 nitrogen and oxygen atoms in total. The van der Waals surface area contributed by atoms with Crippen molar-refractivity contribution in [2.75, 3.05) is 6.61 Å². The summed E-state index contributed by atoms with van der Waals surface area (Å²) in [4.78, 5) is 0. The van der Waals surface area contributed by atoms with Crippen molar-refractivity contribution in [3.8, 4) is 0 Å². The van der Waals surface area contributed by atoms with E-state index in [1.807, 2.05) is 6.07 Å². The Morgan fingerprint density at radius 1 is 1.14 bits per heavy atom. The van der Waals surface area contributed by atoms with E-state index in [0.717, 1.165) is 19.3 Å². The lowest BCUT2D eigenvalue weighted by Crippen LogP contribution is -1.99. The quantitative estimate of drug-likeness (QED) is 0.721. The van der Waals surface area contributed by atoms with Crippen LogP contribution >= 0.6 is 0 Å². The average molecular weight is 192 g/mol. The predicted octanol–water partition coefficient (Wildman–Crippen LogP) is 1.77. The SMILES string of the molecule is OCCC[C@H]1O[C@@H]1Cc1ccccc1. The van der Waals surface area contributed by atoms with Crippen molar-refractivity contribution < 1.29 is 9.84 Å². The third kappa shape index (κ3) is 2.56. The Kier molecular flexibility index (Phi) is 3.17. The van der Waals surface area contributed by atoms with Crippen LogP contribution in [0.3, 0.4) is 0 Å². The second-order valence-electron chi connectivity index (χ2n) is 3.77. The van der Waals surface area contributed by atoms with E-state index in [-0.39, 0.29) is 6.61 Å². The molecule has 1 fully saturated rings. The molecule has 76 valence electrons. The van der Waals surface area contributed by atoms with Gasteiger partial charge in [0.05, 0.1) is 12.2 Å². The number of rotatable bonds is 5. The monoisotopic (exact) mass is 192 g/mol. The number of epoxide rings is 1. The highest BCUT2D eigenvalue weighted by atomic mass is 16.6. The number of aliphatic hydroxyl groups excluding tert-OH is 1. The molecule has 0 saturated carbocycles. The average Bonchev–Trinajstić information content (AvgIpc) is 2.95. The second-order valence-corrected chi connectivity index (χ2v) is 3.77. The zero-order chi connectivity index (χ0) is 9.80. The van der Waals surface area contributed by atoms with Crippen molar-refractivity contribution in [2.24, 2.45) is 0 Å². The molecule has 0 radical (unpaired) electrons. The first kappa shape index (κ1) is 9.69. The Morgan fingerprint density at radius 3 is 2.64 bits per heavy atom. The summed E-state index contributed by atoms with van der Waals surface area (Å²) in [5.74, 6) is 0. The summed E-state index contributed by atoms with van der Waals surface area (Å²) in [6, 6.07) is 10.4. The second kappa shape index (κ2) is 4.58. The van der Waals surface area contributed by atoms with Crippen molar-refractivity contribution in [3.63, 3.8) is 0 Å². The Balaban J connectivity index is 1.74. The lowest BCUT2D eigenvalue weighted by atomic mass is 10.1. The highest BCUT2D eigenvalue weighted by molar-refractivity contribution is 5.17. The van der Waals surface area contributed by atoms with Gasteiger partial charge in [0.1, 0.15) is 0 Å². The molecule has 0 spiro atoms. The van der Waals surface area contributed by atoms with Gasteiger partial charge in [0.25, 0.3) is 0 Å². The molecular formula is C12H16O2. The van der Waals surface area contributed by atoms with Gasteiger partial charge in [-0.25, -0.2) is 0 Å². The van der Waals surface area contributed by atoms with Gasteiger partial charge < -0.3 is 9.84 Å². The van der Waals surface area contributed by atoms with Gasteiger partial charge in [0.15, 0.2) is 0 Å². The Morgan fingerprint density at radius 2 is 1.93 bits per heavy atom. The molecule has 0 aliphatic carbocycles. The van der Waals surface area contributed by atoms with Gasteiger partial charge in [-0.15, -0.1) is 0 Å². The van der Waals surface area contributed by atoms with Crippen molar-refractivity contribution in [2.45, 2.75) is 31.5 Å². The molecule has 1 saturated heterocycles. The molecule has 0 bridgehead atoms. The third-order valence-electron chi connectivity index (χ3n) is 2.61. The van der Waals surface area contributed by atoms with Crippen molar-refractivity contribution in [1.29, 1.82) is 0 Å². The van der Waals surface area contributed by atoms with Crippen LogP contribution in [0.15, 0.2) is 30.3 Å². The molecule has 0 aromatic heterocycles. The third-order valence-corrected chi connectivity index (χ3v) is 2.61. The molecule has 1 aliphatic heterocycles. The lowest BCUT2D eigenvalue weighted by molar-refractivity contribution is 0.272. The molecule has 1 aliphatic rings. The number of benzene rings is 1. The van der Waals surface area contributed by atoms with Crippen LogP contribution in [0.1, 0.15) is 18.4 Å². The van der Waals surface area contributed by atoms with Crippen molar-refractivity contribution in [1.82, 2.24) is 0 Å². The first-order valence-electron chi connectivity index (χ1n) is 5.20. The molecule has 0 unspecified atom stereocenters. The fraction of sp³-hybridized carbons (Fsp3) is 0.500. The van der Waals surface area contributed by atoms with E-state index >= 15 is 0 Å². The molecule has 1 aromatic carbocycles. The number of hydrogen-bond donors (Lipinski definition) is 1. The molecule has 2 rings (SSSR count). The van der Waals surface area contributed by atoms with E-state index in [1.54, 1.807) is 0 Å². The zero-order valence-electron chi connectivity index (χ0n) is 8.23. The first-order valence-corrected chi connectivity index (χ1v) is 5.20. The standard InChI is InChI=1S/C12H16O2/c13-8-4-7-11-12(14-11)9-10-5-2-1-3-6-10/h1-3,5-6,11-13H,4,7-9H2/t11-,12-/m1/s1. The minimum atomic E-state index is 0.276. The summed E-state index contributed by atoms with van der Waals surface area (Å²) in [5, 5.41) is 8.66. The highest BCUT2D eigenvalue weighted by Crippen LogP contribution is 2.29. The molecule has 2 atom stereocenters. The number of aliphatic hydroxyl groups is 1. The maximum atomic E-state index is 8.66. The summed E-state index contributed by atoms with van der Waals surface area (Å²) in [7, 11) is 0. The molecular weight excluding hydrogens is 176 g/mol. The van der Waals surface area contributed by atoms with Crippen molar-refractivity contribution >= 4 is 0 Å². The van der Waals surface area contributed by atoms with Crippen LogP contribution in [0.5, 0.6) is 0 Å². The molecule has 1 N–H and O–H groups in total. The van der Waals surface area contributed by atoms with E-state index in [0.29, 0.717) is 12.2 Å². The minimum absolute atomic E-state index is 0.276. The maximum Gasteiger partial charge on any atom is 0.0882 e. The normalized spacial score (nSPS) is 24.9. The Labute approximate surface area is 84.5 Å². The van der Waals surface area contributed by atoms with Gasteiger partial charge >= 0.3 is 0 Å². The van der Waals surface area contributed by atoms with Crippen LogP contribution < -0.4 is 0 Å². The van der Waals surface area contributed by atoms with Gasteiger partial charge in [-0.3, -0.25) is 0 Å². The van der Waals surface area contributed by atoms with Crippen LogP contribution in [-0.2, 0) is 11.2 Å². The smallest absolute Gasteiger partial charge is 0.0882 e. The maximum absolute atomic E-state index is 8.66.